The number of nitrogens with one attached hydrogen (secondary N) is 1. The van der Waals surface area contributed by atoms with Crippen LogP contribution < -0.4 is 19.6 Å². The Morgan fingerprint density at radius 2 is 2.16 bits per heavy atom. The van der Waals surface area contributed by atoms with E-state index in [1.165, 1.54) is 24.3 Å². The molecule has 0 fully saturated rings. The maximum Gasteiger partial charge on any atom is 0.490 e. The van der Waals surface area contributed by atoms with Crippen LogP contribution in [0.3, 0.4) is 0 Å². The van der Waals surface area contributed by atoms with E-state index in [1.807, 2.05) is 0 Å². The number of hydrogen-bond donors (Lipinski definition) is 1. The second-order valence-corrected chi connectivity index (χ2v) is 6.34. The molecule has 1 amide bonds. The van der Waals surface area contributed by atoms with E-state index >= 15 is 0 Å². The number of nitro groups is 1. The van der Waals surface area contributed by atoms with Gasteiger partial charge in [0, 0.05) is 16.2 Å². The van der Waals surface area contributed by atoms with Crippen LogP contribution >= 0.6 is 0 Å². The zero-order valence-electron chi connectivity index (χ0n) is 16.2. The monoisotopic (exact) mass is 424 g/mol. The van der Waals surface area contributed by atoms with Crippen LogP contribution in [0.4, 0.5) is 5.95 Å². The van der Waals surface area contributed by atoms with Crippen molar-refractivity contribution in [2.24, 2.45) is 5.10 Å². The molecule has 0 radical (unpaired) electrons. The molecule has 0 bridgehead atoms. The molecule has 2 heterocycles. The van der Waals surface area contributed by atoms with E-state index in [4.69, 9.17) is 14.2 Å². The highest BCUT2D eigenvalue weighted by Gasteiger charge is 2.16. The lowest BCUT2D eigenvalue weighted by Crippen LogP contribution is -2.17. The Morgan fingerprint density at radius 1 is 1.32 bits per heavy atom. The highest BCUT2D eigenvalue weighted by atomic mass is 16.7. The van der Waals surface area contributed by atoms with Gasteiger partial charge in [-0.3, -0.25) is 4.79 Å². The normalized spacial score (nSPS) is 12.2. The zero-order valence-corrected chi connectivity index (χ0v) is 16.2. The van der Waals surface area contributed by atoms with Crippen LogP contribution in [-0.4, -0.2) is 45.7 Å². The first kappa shape index (κ1) is 19.8. The van der Waals surface area contributed by atoms with Crippen LogP contribution in [0, 0.1) is 10.1 Å². The lowest BCUT2D eigenvalue weighted by atomic mass is 10.1. The van der Waals surface area contributed by atoms with Gasteiger partial charge in [0.1, 0.15) is 5.75 Å². The molecular formula is C19H16N6O6. The first-order valence-electron chi connectivity index (χ1n) is 8.97. The second kappa shape index (κ2) is 8.49. The minimum atomic E-state index is -0.667. The van der Waals surface area contributed by atoms with Crippen LogP contribution in [0.25, 0.3) is 0 Å². The van der Waals surface area contributed by atoms with Gasteiger partial charge in [-0.25, -0.2) is 5.43 Å². The van der Waals surface area contributed by atoms with Crippen molar-refractivity contribution >= 4 is 18.1 Å². The lowest BCUT2D eigenvalue weighted by molar-refractivity contribution is -0.394. The number of fused-ring (bicyclic) bond motifs is 1. The molecule has 1 aliphatic rings. The Morgan fingerprint density at radius 3 is 2.94 bits per heavy atom. The zero-order chi connectivity index (χ0) is 21.8. The fraction of sp³-hybridized carbons (Fsp3) is 0.158. The van der Waals surface area contributed by atoms with Gasteiger partial charge in [-0.2, -0.15) is 9.78 Å². The summed E-state index contributed by atoms with van der Waals surface area (Å²) >= 11 is 0. The van der Waals surface area contributed by atoms with Gasteiger partial charge in [-0.05, 0) is 46.9 Å². The Bertz CT molecular complexity index is 1170. The van der Waals surface area contributed by atoms with Crippen molar-refractivity contribution in [3.05, 3.63) is 69.5 Å². The number of amides is 1. The lowest BCUT2D eigenvalue weighted by Gasteiger charge is -2.08. The number of nitrogens with zero attached hydrogens (tertiary/aromatic N) is 5. The molecule has 158 valence electrons. The summed E-state index contributed by atoms with van der Waals surface area (Å²) in [6, 6.07) is 10.1. The third-order valence-corrected chi connectivity index (χ3v) is 4.34. The Kier molecular flexibility index (Phi) is 5.43. The first-order valence-corrected chi connectivity index (χ1v) is 8.97. The summed E-state index contributed by atoms with van der Waals surface area (Å²) in [7, 11) is 1.52. The van der Waals surface area contributed by atoms with E-state index in [9.17, 15) is 14.9 Å². The van der Waals surface area contributed by atoms with E-state index in [-0.39, 0.29) is 13.3 Å². The molecule has 0 unspecified atom stereocenters. The van der Waals surface area contributed by atoms with Crippen molar-refractivity contribution in [1.82, 2.24) is 20.2 Å². The summed E-state index contributed by atoms with van der Waals surface area (Å²) in [6.07, 6.45) is 2.74. The number of benzene rings is 2. The van der Waals surface area contributed by atoms with Crippen LogP contribution in [0.5, 0.6) is 17.2 Å². The maximum atomic E-state index is 12.3. The smallest absolute Gasteiger partial charge is 0.490 e. The number of carbonyl (C=O) groups is 1. The molecule has 0 atom stereocenters. The van der Waals surface area contributed by atoms with E-state index in [1.54, 1.807) is 36.4 Å². The molecule has 1 aliphatic heterocycles. The summed E-state index contributed by atoms with van der Waals surface area (Å²) in [6.45, 7) is 0.329. The van der Waals surface area contributed by atoms with E-state index < -0.39 is 16.8 Å². The van der Waals surface area contributed by atoms with Crippen LogP contribution in [-0.2, 0) is 6.54 Å². The van der Waals surface area contributed by atoms with E-state index in [0.717, 1.165) is 0 Å². The summed E-state index contributed by atoms with van der Waals surface area (Å²) in [5.41, 5.74) is 4.21. The van der Waals surface area contributed by atoms with Gasteiger partial charge in [-0.15, -0.1) is 0 Å². The average molecular weight is 424 g/mol. The highest BCUT2D eigenvalue weighted by molar-refractivity contribution is 5.95. The maximum absolute atomic E-state index is 12.3. The molecule has 3 aromatic rings. The Hall–Kier alpha value is -4.48. The van der Waals surface area contributed by atoms with Gasteiger partial charge in [0.2, 0.25) is 13.1 Å². The highest BCUT2D eigenvalue weighted by Crippen LogP contribution is 2.32. The van der Waals surface area contributed by atoms with Gasteiger partial charge in [0.25, 0.3) is 5.91 Å². The number of carbonyl (C=O) groups excluding carboxylic acids is 1. The molecule has 1 N–H and O–H groups in total. The summed E-state index contributed by atoms with van der Waals surface area (Å²) in [5.74, 6) is 0.772. The molecule has 0 aliphatic carbocycles. The Labute approximate surface area is 175 Å². The summed E-state index contributed by atoms with van der Waals surface area (Å²) < 4.78 is 17.1. The minimum absolute atomic E-state index is 0.125. The molecule has 0 saturated heterocycles. The molecule has 31 heavy (non-hydrogen) atoms. The third-order valence-electron chi connectivity index (χ3n) is 4.34. The first-order chi connectivity index (χ1) is 15.0. The topological polar surface area (TPSA) is 143 Å². The molecule has 4 rings (SSSR count). The number of aromatic nitrogens is 3. The van der Waals surface area contributed by atoms with Gasteiger partial charge < -0.3 is 24.3 Å². The quantitative estimate of drug-likeness (QED) is 0.343. The van der Waals surface area contributed by atoms with Crippen molar-refractivity contribution in [3.63, 3.8) is 0 Å². The van der Waals surface area contributed by atoms with Crippen LogP contribution in [0.1, 0.15) is 21.5 Å². The predicted octanol–water partition coefficient (Wildman–Crippen LogP) is 1.74. The molecule has 12 nitrogen and oxygen atoms in total. The fourth-order valence-corrected chi connectivity index (χ4v) is 2.89. The summed E-state index contributed by atoms with van der Waals surface area (Å²) in [5, 5.41) is 18.5. The van der Waals surface area contributed by atoms with Crippen molar-refractivity contribution in [2.45, 2.75) is 6.54 Å². The average Bonchev–Trinajstić information content (AvgIpc) is 3.43. The summed E-state index contributed by atoms with van der Waals surface area (Å²) in [4.78, 5) is 26.0. The largest absolute Gasteiger partial charge is 0.496 e. The van der Waals surface area contributed by atoms with Gasteiger partial charge in [0.15, 0.2) is 11.5 Å². The van der Waals surface area contributed by atoms with Gasteiger partial charge >= 0.3 is 5.95 Å². The molecule has 12 heteroatoms. The molecule has 1 aromatic heterocycles. The van der Waals surface area contributed by atoms with Gasteiger partial charge in [-0.1, -0.05) is 4.98 Å². The van der Waals surface area contributed by atoms with Crippen molar-refractivity contribution in [3.8, 4) is 17.2 Å². The molecule has 2 aromatic carbocycles. The molecule has 0 saturated carbocycles. The predicted molar refractivity (Wildman–Crippen MR) is 106 cm³/mol. The SMILES string of the molecule is COc1ccc(C=NNC(=O)c2ccc3c(c2)OCO3)cc1Cn1cnc([N+](=O)[O-])n1. The van der Waals surface area contributed by atoms with Crippen LogP contribution in [0.2, 0.25) is 0 Å². The number of hydrazone groups is 1. The minimum Gasteiger partial charge on any atom is -0.496 e. The van der Waals surface area contributed by atoms with Crippen molar-refractivity contribution in [2.75, 3.05) is 13.9 Å². The van der Waals surface area contributed by atoms with E-state index in [0.29, 0.717) is 33.9 Å². The standard InChI is InChI=1S/C19H16N6O6/c1-29-15-4-2-12(6-14(15)9-24-10-20-19(23-24)25(27)28)8-21-22-18(26)13-3-5-16-17(7-13)31-11-30-16/h2-8,10H,9,11H2,1H3,(H,22,26). The number of hydrogen-bond acceptors (Lipinski definition) is 9. The Balaban J connectivity index is 1.45. The second-order valence-electron chi connectivity index (χ2n) is 6.34. The van der Waals surface area contributed by atoms with E-state index in [2.05, 4.69) is 20.6 Å². The van der Waals surface area contributed by atoms with Crippen molar-refractivity contribution < 1.29 is 23.9 Å². The van der Waals surface area contributed by atoms with Crippen LogP contribution in [0.15, 0.2) is 47.8 Å². The third kappa shape index (κ3) is 4.42. The van der Waals surface area contributed by atoms with Gasteiger partial charge in [0.05, 0.1) is 19.9 Å². The number of rotatable bonds is 7. The molecule has 0 spiro atoms. The number of ether oxygens (including phenoxy) is 3. The molecular weight excluding hydrogens is 408 g/mol. The number of methoxy groups -OCH3 is 1. The van der Waals surface area contributed by atoms with Crippen molar-refractivity contribution in [1.29, 1.82) is 0 Å². The fourth-order valence-electron chi connectivity index (χ4n) is 2.89.